The molecule has 2 heteroatoms. The van der Waals surface area contributed by atoms with Crippen LogP contribution in [-0.4, -0.2) is 12.2 Å². The van der Waals surface area contributed by atoms with Crippen LogP contribution in [0.1, 0.15) is 31.4 Å². The maximum absolute atomic E-state index is 5.88. The molecule has 0 saturated carbocycles. The van der Waals surface area contributed by atoms with E-state index in [1.54, 1.807) is 0 Å². The molecule has 0 amide bonds. The Morgan fingerprint density at radius 2 is 1.71 bits per heavy atom. The van der Waals surface area contributed by atoms with Crippen molar-refractivity contribution in [3.63, 3.8) is 0 Å². The first-order valence-electron chi connectivity index (χ1n) is 6.02. The minimum absolute atomic E-state index is 0.131. The van der Waals surface area contributed by atoms with Gasteiger partial charge in [-0.05, 0) is 51.0 Å². The van der Waals surface area contributed by atoms with Gasteiger partial charge in [-0.1, -0.05) is 12.6 Å². The second kappa shape index (κ2) is 6.33. The van der Waals surface area contributed by atoms with Crippen molar-refractivity contribution in [1.82, 2.24) is 0 Å². The van der Waals surface area contributed by atoms with Crippen LogP contribution < -0.4 is 4.74 Å². The molecule has 0 aliphatic carbocycles. The Kier molecular flexibility index (Phi) is 5.08. The molecule has 1 aromatic rings. The number of benzene rings is 1. The van der Waals surface area contributed by atoms with Gasteiger partial charge in [0, 0.05) is 6.42 Å². The summed E-state index contributed by atoms with van der Waals surface area (Å²) in [5, 5.41) is 0. The van der Waals surface area contributed by atoms with E-state index >= 15 is 0 Å². The van der Waals surface area contributed by atoms with Crippen LogP contribution in [0.15, 0.2) is 31.0 Å². The lowest BCUT2D eigenvalue weighted by Gasteiger charge is -2.19. The third-order valence-corrected chi connectivity index (χ3v) is 2.52. The van der Waals surface area contributed by atoms with Crippen molar-refractivity contribution >= 4 is 0 Å². The molecule has 0 fully saturated rings. The molecule has 0 unspecified atom stereocenters. The maximum atomic E-state index is 5.88. The van der Waals surface area contributed by atoms with E-state index in [-0.39, 0.29) is 12.2 Å². The predicted molar refractivity (Wildman–Crippen MR) is 71.4 cm³/mol. The van der Waals surface area contributed by atoms with Crippen LogP contribution in [0.25, 0.3) is 0 Å². The smallest absolute Gasteiger partial charge is 0.120 e. The van der Waals surface area contributed by atoms with Crippen molar-refractivity contribution < 1.29 is 9.47 Å². The van der Waals surface area contributed by atoms with E-state index < -0.39 is 0 Å². The molecule has 0 aliphatic heterocycles. The van der Waals surface area contributed by atoms with Crippen LogP contribution >= 0.6 is 0 Å². The van der Waals surface area contributed by atoms with Crippen LogP contribution in [0.5, 0.6) is 5.75 Å². The van der Waals surface area contributed by atoms with E-state index in [1.807, 2.05) is 6.92 Å². The van der Waals surface area contributed by atoms with E-state index in [0.29, 0.717) is 0 Å². The van der Waals surface area contributed by atoms with Gasteiger partial charge in [0.15, 0.2) is 0 Å². The van der Waals surface area contributed by atoms with Crippen LogP contribution in [0.2, 0.25) is 0 Å². The van der Waals surface area contributed by atoms with E-state index in [4.69, 9.17) is 9.47 Å². The van der Waals surface area contributed by atoms with Gasteiger partial charge in [0.25, 0.3) is 0 Å². The minimum atomic E-state index is 0.131. The second-order valence-electron chi connectivity index (χ2n) is 4.60. The van der Waals surface area contributed by atoms with Gasteiger partial charge in [-0.25, -0.2) is 0 Å². The fourth-order valence-corrected chi connectivity index (χ4v) is 1.97. The van der Waals surface area contributed by atoms with Crippen molar-refractivity contribution in [2.24, 2.45) is 0 Å². The molecule has 1 aromatic carbocycles. The summed E-state index contributed by atoms with van der Waals surface area (Å²) >= 11 is 0. The molecule has 2 atom stereocenters. The number of ether oxygens (including phenoxy) is 2. The van der Waals surface area contributed by atoms with Gasteiger partial charge in [0.2, 0.25) is 0 Å². The monoisotopic (exact) mass is 234 g/mol. The number of aryl methyl sites for hydroxylation is 2. The standard InChI is InChI=1S/C15H22O2/c1-6-16-13(4)10-14(5)17-15-8-11(2)7-12(3)9-15/h6-9,13-14H,1,10H2,2-5H3/t13-,14+/m1/s1. The Labute approximate surface area is 104 Å². The van der Waals surface area contributed by atoms with Crippen LogP contribution in [-0.2, 0) is 4.74 Å². The van der Waals surface area contributed by atoms with Gasteiger partial charge in [-0.2, -0.15) is 0 Å². The van der Waals surface area contributed by atoms with E-state index in [0.717, 1.165) is 12.2 Å². The second-order valence-corrected chi connectivity index (χ2v) is 4.60. The van der Waals surface area contributed by atoms with Crippen LogP contribution in [0.3, 0.4) is 0 Å². The van der Waals surface area contributed by atoms with E-state index in [9.17, 15) is 0 Å². The molecule has 0 N–H and O–H groups in total. The Balaban J connectivity index is 2.55. The van der Waals surface area contributed by atoms with Crippen molar-refractivity contribution in [2.45, 2.75) is 46.3 Å². The summed E-state index contributed by atoms with van der Waals surface area (Å²) in [6, 6.07) is 6.26. The number of hydrogen-bond acceptors (Lipinski definition) is 2. The Bertz CT molecular complexity index is 351. The largest absolute Gasteiger partial charge is 0.499 e. The first-order chi connectivity index (χ1) is 8.01. The summed E-state index contributed by atoms with van der Waals surface area (Å²) < 4.78 is 11.2. The summed E-state index contributed by atoms with van der Waals surface area (Å²) in [6.07, 6.45) is 2.59. The molecule has 94 valence electrons. The molecule has 0 aromatic heterocycles. The summed E-state index contributed by atoms with van der Waals surface area (Å²) in [4.78, 5) is 0. The van der Waals surface area contributed by atoms with Gasteiger partial charge in [-0.15, -0.1) is 0 Å². The molecule has 2 nitrogen and oxygen atoms in total. The zero-order valence-electron chi connectivity index (χ0n) is 11.2. The zero-order chi connectivity index (χ0) is 12.8. The molecular formula is C15H22O2. The summed E-state index contributed by atoms with van der Waals surface area (Å²) in [7, 11) is 0. The third-order valence-electron chi connectivity index (χ3n) is 2.52. The van der Waals surface area contributed by atoms with Gasteiger partial charge in [0.1, 0.15) is 5.75 Å². The Morgan fingerprint density at radius 1 is 1.12 bits per heavy atom. The summed E-state index contributed by atoms with van der Waals surface area (Å²) in [5.41, 5.74) is 2.45. The van der Waals surface area contributed by atoms with Crippen LogP contribution in [0, 0.1) is 13.8 Å². The first-order valence-corrected chi connectivity index (χ1v) is 6.02. The minimum Gasteiger partial charge on any atom is -0.499 e. The molecule has 0 spiro atoms. The Morgan fingerprint density at radius 3 is 2.24 bits per heavy atom. The molecular weight excluding hydrogens is 212 g/mol. The highest BCUT2D eigenvalue weighted by Gasteiger charge is 2.10. The molecule has 0 bridgehead atoms. The Hall–Kier alpha value is -1.44. The highest BCUT2D eigenvalue weighted by atomic mass is 16.5. The lowest BCUT2D eigenvalue weighted by molar-refractivity contribution is 0.0996. The topological polar surface area (TPSA) is 18.5 Å². The third kappa shape index (κ3) is 4.94. The molecule has 0 aliphatic rings. The van der Waals surface area contributed by atoms with E-state index in [1.165, 1.54) is 17.4 Å². The van der Waals surface area contributed by atoms with Gasteiger partial charge in [0.05, 0.1) is 18.5 Å². The van der Waals surface area contributed by atoms with Crippen molar-refractivity contribution in [1.29, 1.82) is 0 Å². The maximum Gasteiger partial charge on any atom is 0.120 e. The molecule has 0 saturated heterocycles. The summed E-state index contributed by atoms with van der Waals surface area (Å²) in [6.45, 7) is 11.8. The lowest BCUT2D eigenvalue weighted by atomic mass is 10.1. The fraction of sp³-hybridized carbons (Fsp3) is 0.467. The normalized spacial score (nSPS) is 13.9. The first kappa shape index (κ1) is 13.6. The van der Waals surface area contributed by atoms with Crippen molar-refractivity contribution in [3.8, 4) is 5.75 Å². The van der Waals surface area contributed by atoms with Gasteiger partial charge >= 0.3 is 0 Å². The highest BCUT2D eigenvalue weighted by Crippen LogP contribution is 2.19. The number of rotatable bonds is 6. The average Bonchev–Trinajstić information content (AvgIpc) is 2.14. The fourth-order valence-electron chi connectivity index (χ4n) is 1.97. The van der Waals surface area contributed by atoms with Gasteiger partial charge < -0.3 is 9.47 Å². The van der Waals surface area contributed by atoms with E-state index in [2.05, 4.69) is 45.5 Å². The zero-order valence-corrected chi connectivity index (χ0v) is 11.2. The number of hydrogen-bond donors (Lipinski definition) is 0. The van der Waals surface area contributed by atoms with Gasteiger partial charge in [-0.3, -0.25) is 0 Å². The molecule has 0 heterocycles. The molecule has 1 rings (SSSR count). The molecule has 17 heavy (non-hydrogen) atoms. The van der Waals surface area contributed by atoms with Crippen molar-refractivity contribution in [2.75, 3.05) is 0 Å². The van der Waals surface area contributed by atoms with Crippen molar-refractivity contribution in [3.05, 3.63) is 42.2 Å². The molecule has 0 radical (unpaired) electrons. The quantitative estimate of drug-likeness (QED) is 0.692. The SMILES string of the molecule is C=CO[C@H](C)C[C@H](C)Oc1cc(C)cc(C)c1. The predicted octanol–water partition coefficient (Wildman–Crippen LogP) is 4.01. The lowest BCUT2D eigenvalue weighted by Crippen LogP contribution is -2.19. The summed E-state index contributed by atoms with van der Waals surface area (Å²) in [5.74, 6) is 0.931. The highest BCUT2D eigenvalue weighted by molar-refractivity contribution is 5.33. The van der Waals surface area contributed by atoms with Crippen LogP contribution in [0.4, 0.5) is 0 Å². The average molecular weight is 234 g/mol.